The average molecular weight is 206 g/mol. The van der Waals surface area contributed by atoms with Crippen LogP contribution < -0.4 is 10.2 Å². The van der Waals surface area contributed by atoms with Crippen molar-refractivity contribution in [3.05, 3.63) is 29.8 Å². The summed E-state index contributed by atoms with van der Waals surface area (Å²) >= 11 is 0. The van der Waals surface area contributed by atoms with Gasteiger partial charge in [-0.3, -0.25) is 0 Å². The monoisotopic (exact) mass is 206 g/mol. The maximum atomic E-state index is 3.42. The number of hydrogen-bond acceptors (Lipinski definition) is 2. The fourth-order valence-electron chi connectivity index (χ4n) is 1.52. The van der Waals surface area contributed by atoms with Gasteiger partial charge in [0.25, 0.3) is 0 Å². The molecule has 84 valence electrons. The first-order chi connectivity index (χ1) is 7.09. The van der Waals surface area contributed by atoms with E-state index in [1.54, 1.807) is 0 Å². The Kier molecular flexibility index (Phi) is 4.63. The topological polar surface area (TPSA) is 15.3 Å². The minimum atomic E-state index is 0.566. The van der Waals surface area contributed by atoms with Crippen molar-refractivity contribution in [2.45, 2.75) is 26.8 Å². The molecule has 0 atom stereocenters. The van der Waals surface area contributed by atoms with Crippen LogP contribution in [0.3, 0.4) is 0 Å². The van der Waals surface area contributed by atoms with Gasteiger partial charge in [0.1, 0.15) is 0 Å². The Morgan fingerprint density at radius 3 is 2.67 bits per heavy atom. The highest BCUT2D eigenvalue weighted by molar-refractivity contribution is 5.47. The van der Waals surface area contributed by atoms with E-state index in [-0.39, 0.29) is 0 Å². The van der Waals surface area contributed by atoms with Crippen molar-refractivity contribution in [2.24, 2.45) is 0 Å². The molecule has 0 aromatic heterocycles. The molecule has 0 fully saturated rings. The summed E-state index contributed by atoms with van der Waals surface area (Å²) in [7, 11) is 2.14. The lowest BCUT2D eigenvalue weighted by Crippen LogP contribution is -2.32. The minimum Gasteiger partial charge on any atom is -0.373 e. The zero-order chi connectivity index (χ0) is 11.3. The van der Waals surface area contributed by atoms with Crippen LogP contribution in [-0.2, 0) is 0 Å². The van der Waals surface area contributed by atoms with Crippen molar-refractivity contribution in [1.82, 2.24) is 5.32 Å². The second-order valence-corrected chi connectivity index (χ2v) is 4.37. The summed E-state index contributed by atoms with van der Waals surface area (Å²) in [6.07, 6.45) is 0. The van der Waals surface area contributed by atoms with Crippen LogP contribution in [0.15, 0.2) is 24.3 Å². The number of nitrogens with zero attached hydrogens (tertiary/aromatic N) is 1. The standard InChI is InChI=1S/C13H22N2/c1-11(2)14-8-9-15(4)13-7-5-6-12(3)10-13/h5-7,10-11,14H,8-9H2,1-4H3. The Hall–Kier alpha value is -1.02. The number of rotatable bonds is 5. The number of benzene rings is 1. The van der Waals surface area contributed by atoms with E-state index >= 15 is 0 Å². The van der Waals surface area contributed by atoms with E-state index in [2.05, 4.69) is 62.3 Å². The van der Waals surface area contributed by atoms with Crippen molar-refractivity contribution in [2.75, 3.05) is 25.0 Å². The fourth-order valence-corrected chi connectivity index (χ4v) is 1.52. The smallest absolute Gasteiger partial charge is 0.0366 e. The summed E-state index contributed by atoms with van der Waals surface area (Å²) in [5.74, 6) is 0. The predicted octanol–water partition coefficient (Wildman–Crippen LogP) is 2.43. The van der Waals surface area contributed by atoms with Crippen molar-refractivity contribution < 1.29 is 0 Å². The van der Waals surface area contributed by atoms with Gasteiger partial charge in [-0.05, 0) is 24.6 Å². The molecule has 0 saturated carbocycles. The molecule has 0 bridgehead atoms. The molecule has 0 amide bonds. The van der Waals surface area contributed by atoms with Gasteiger partial charge in [0, 0.05) is 31.9 Å². The molecule has 0 saturated heterocycles. The Bertz CT molecular complexity index is 294. The molecular formula is C13H22N2. The van der Waals surface area contributed by atoms with Gasteiger partial charge in [0.05, 0.1) is 0 Å². The first-order valence-corrected chi connectivity index (χ1v) is 5.61. The molecule has 2 nitrogen and oxygen atoms in total. The second kappa shape index (κ2) is 5.76. The summed E-state index contributed by atoms with van der Waals surface area (Å²) < 4.78 is 0. The molecule has 1 N–H and O–H groups in total. The first-order valence-electron chi connectivity index (χ1n) is 5.61. The van der Waals surface area contributed by atoms with Gasteiger partial charge in [-0.15, -0.1) is 0 Å². The van der Waals surface area contributed by atoms with Crippen LogP contribution in [0.1, 0.15) is 19.4 Å². The summed E-state index contributed by atoms with van der Waals surface area (Å²) in [6.45, 7) is 8.55. The van der Waals surface area contributed by atoms with E-state index in [0.29, 0.717) is 6.04 Å². The Balaban J connectivity index is 2.43. The van der Waals surface area contributed by atoms with Crippen LogP contribution in [0.4, 0.5) is 5.69 Å². The lowest BCUT2D eigenvalue weighted by atomic mass is 10.2. The predicted molar refractivity (Wildman–Crippen MR) is 67.6 cm³/mol. The molecule has 1 rings (SSSR count). The zero-order valence-corrected chi connectivity index (χ0v) is 10.2. The van der Waals surface area contributed by atoms with Crippen molar-refractivity contribution in [3.63, 3.8) is 0 Å². The van der Waals surface area contributed by atoms with Gasteiger partial charge in [-0.2, -0.15) is 0 Å². The first kappa shape index (κ1) is 12.1. The third-order valence-corrected chi connectivity index (χ3v) is 2.44. The molecule has 0 aliphatic rings. The molecule has 0 spiro atoms. The van der Waals surface area contributed by atoms with Crippen LogP contribution in [0, 0.1) is 6.92 Å². The molecule has 0 unspecified atom stereocenters. The summed E-state index contributed by atoms with van der Waals surface area (Å²) in [5.41, 5.74) is 2.61. The van der Waals surface area contributed by atoms with Crippen LogP contribution in [-0.4, -0.2) is 26.2 Å². The van der Waals surface area contributed by atoms with E-state index in [4.69, 9.17) is 0 Å². The molecule has 0 radical (unpaired) electrons. The third kappa shape index (κ3) is 4.34. The maximum absolute atomic E-state index is 3.42. The van der Waals surface area contributed by atoms with E-state index in [1.165, 1.54) is 11.3 Å². The molecule has 0 heterocycles. The van der Waals surface area contributed by atoms with E-state index in [0.717, 1.165) is 13.1 Å². The van der Waals surface area contributed by atoms with Crippen LogP contribution >= 0.6 is 0 Å². The van der Waals surface area contributed by atoms with E-state index in [1.807, 2.05) is 0 Å². The van der Waals surface area contributed by atoms with E-state index < -0.39 is 0 Å². The average Bonchev–Trinajstić information content (AvgIpc) is 2.17. The number of anilines is 1. The van der Waals surface area contributed by atoms with Crippen LogP contribution in [0.2, 0.25) is 0 Å². The molecule has 1 aromatic rings. The lowest BCUT2D eigenvalue weighted by Gasteiger charge is -2.20. The highest BCUT2D eigenvalue weighted by Crippen LogP contribution is 2.13. The Morgan fingerprint density at radius 1 is 1.33 bits per heavy atom. The van der Waals surface area contributed by atoms with E-state index in [9.17, 15) is 0 Å². The van der Waals surface area contributed by atoms with Crippen molar-refractivity contribution >= 4 is 5.69 Å². The SMILES string of the molecule is Cc1cccc(N(C)CCNC(C)C)c1. The maximum Gasteiger partial charge on any atom is 0.0366 e. The van der Waals surface area contributed by atoms with Gasteiger partial charge in [0.15, 0.2) is 0 Å². The highest BCUT2D eigenvalue weighted by Gasteiger charge is 2.00. The lowest BCUT2D eigenvalue weighted by molar-refractivity contribution is 0.589. The highest BCUT2D eigenvalue weighted by atomic mass is 15.1. The van der Waals surface area contributed by atoms with Crippen molar-refractivity contribution in [3.8, 4) is 0 Å². The largest absolute Gasteiger partial charge is 0.373 e. The van der Waals surface area contributed by atoms with Gasteiger partial charge < -0.3 is 10.2 Å². The fraction of sp³-hybridized carbons (Fsp3) is 0.538. The molecule has 1 aromatic carbocycles. The Labute approximate surface area is 93.3 Å². The molecule has 2 heteroatoms. The summed E-state index contributed by atoms with van der Waals surface area (Å²) in [5, 5.41) is 3.42. The van der Waals surface area contributed by atoms with Crippen molar-refractivity contribution in [1.29, 1.82) is 0 Å². The van der Waals surface area contributed by atoms with Gasteiger partial charge in [-0.25, -0.2) is 0 Å². The molecule has 0 aliphatic heterocycles. The van der Waals surface area contributed by atoms with Crippen LogP contribution in [0.5, 0.6) is 0 Å². The summed E-state index contributed by atoms with van der Waals surface area (Å²) in [4.78, 5) is 2.28. The number of hydrogen-bond donors (Lipinski definition) is 1. The summed E-state index contributed by atoms with van der Waals surface area (Å²) in [6, 6.07) is 9.18. The second-order valence-electron chi connectivity index (χ2n) is 4.37. The number of aryl methyl sites for hydroxylation is 1. The quantitative estimate of drug-likeness (QED) is 0.796. The van der Waals surface area contributed by atoms with Crippen LogP contribution in [0.25, 0.3) is 0 Å². The number of likely N-dealkylation sites (N-methyl/N-ethyl adjacent to an activating group) is 1. The third-order valence-electron chi connectivity index (χ3n) is 2.44. The Morgan fingerprint density at radius 2 is 2.07 bits per heavy atom. The van der Waals surface area contributed by atoms with Gasteiger partial charge in [-0.1, -0.05) is 26.0 Å². The molecule has 15 heavy (non-hydrogen) atoms. The molecular weight excluding hydrogens is 184 g/mol. The van der Waals surface area contributed by atoms with Gasteiger partial charge in [0.2, 0.25) is 0 Å². The molecule has 0 aliphatic carbocycles. The zero-order valence-electron chi connectivity index (χ0n) is 10.2. The number of nitrogens with one attached hydrogen (secondary N) is 1. The normalized spacial score (nSPS) is 10.7. The van der Waals surface area contributed by atoms with Gasteiger partial charge >= 0.3 is 0 Å². The minimum absolute atomic E-state index is 0.566.